The van der Waals surface area contributed by atoms with E-state index in [2.05, 4.69) is 0 Å². The van der Waals surface area contributed by atoms with Crippen LogP contribution < -0.4 is 15.2 Å². The van der Waals surface area contributed by atoms with Crippen molar-refractivity contribution in [2.24, 2.45) is 0 Å². The van der Waals surface area contributed by atoms with E-state index < -0.39 is 34.8 Å². The molecule has 5 rings (SSSR count). The molecule has 0 radical (unpaired) electrons. The highest BCUT2D eigenvalue weighted by atomic mass is 32.2. The molecule has 2 aliphatic heterocycles. The molecular formula is C27H25F2N3O5S. The fourth-order valence-corrected chi connectivity index (χ4v) is 5.50. The number of carbonyl (C=O) groups is 1. The highest BCUT2D eigenvalue weighted by molar-refractivity contribution is 7.98. The number of hydrogen-bond acceptors (Lipinski definition) is 7. The number of ether oxygens (including phenoxy) is 2. The van der Waals surface area contributed by atoms with Crippen LogP contribution in [0.3, 0.4) is 0 Å². The molecule has 0 unspecified atom stereocenters. The normalized spacial score (nSPS) is 18.4. The first-order chi connectivity index (χ1) is 18.4. The van der Waals surface area contributed by atoms with Gasteiger partial charge < -0.3 is 19.5 Å². The Morgan fingerprint density at radius 1 is 1.16 bits per heavy atom. The molecule has 0 fully saturated rings. The number of fused-ring (bicyclic) bond motifs is 7. The van der Waals surface area contributed by atoms with Crippen molar-refractivity contribution in [3.63, 3.8) is 0 Å². The quantitative estimate of drug-likeness (QED) is 0.496. The van der Waals surface area contributed by atoms with Gasteiger partial charge in [-0.05, 0) is 23.8 Å². The lowest BCUT2D eigenvalue weighted by atomic mass is 10.1. The Labute approximate surface area is 221 Å². The molecule has 4 bridgehead atoms. The highest BCUT2D eigenvalue weighted by Gasteiger charge is 2.35. The highest BCUT2D eigenvalue weighted by Crippen LogP contribution is 2.32. The summed E-state index contributed by atoms with van der Waals surface area (Å²) >= 11 is 1.34. The second-order valence-corrected chi connectivity index (χ2v) is 9.86. The Hall–Kier alpha value is -3.83. The van der Waals surface area contributed by atoms with E-state index in [1.54, 1.807) is 12.2 Å². The van der Waals surface area contributed by atoms with Gasteiger partial charge in [0.25, 0.3) is 5.91 Å². The molecule has 198 valence electrons. The lowest BCUT2D eigenvalue weighted by Crippen LogP contribution is -2.57. The number of benzene rings is 2. The molecule has 1 amide bonds. The van der Waals surface area contributed by atoms with Gasteiger partial charge in [0.05, 0.1) is 19.2 Å². The van der Waals surface area contributed by atoms with Crippen LogP contribution in [0.1, 0.15) is 21.6 Å². The minimum Gasteiger partial charge on any atom is -0.502 e. The van der Waals surface area contributed by atoms with Gasteiger partial charge in [-0.3, -0.25) is 19.3 Å². The van der Waals surface area contributed by atoms with Crippen LogP contribution in [0.15, 0.2) is 70.5 Å². The first-order valence-corrected chi connectivity index (χ1v) is 12.8. The summed E-state index contributed by atoms with van der Waals surface area (Å²) in [5.74, 6) is -2.72. The number of pyridine rings is 1. The molecule has 1 N–H and O–H groups in total. The maximum absolute atomic E-state index is 14.6. The standard InChI is InChI=1S/C27H25F2N3O5S/c1-36-14-19-6-4-10-37-20-11-18(24(29)21(28)12-20)15-38-23-7-3-2-5-17(23)13-30-16-31(19)27(35)25-26(34)22(33)8-9-32(25)30/h2-9,11-12,19,34H,10,13-16H2,1H3/b6-4+/t19-/m1/s1. The molecule has 38 heavy (non-hydrogen) atoms. The molecular weight excluding hydrogens is 516 g/mol. The van der Waals surface area contributed by atoms with Crippen molar-refractivity contribution in [1.82, 2.24) is 9.58 Å². The number of methoxy groups -OCH3 is 1. The zero-order valence-corrected chi connectivity index (χ0v) is 21.3. The van der Waals surface area contributed by atoms with E-state index in [1.165, 1.54) is 46.8 Å². The number of aromatic nitrogens is 1. The van der Waals surface area contributed by atoms with E-state index in [9.17, 15) is 23.5 Å². The van der Waals surface area contributed by atoms with E-state index in [1.807, 2.05) is 29.3 Å². The average Bonchev–Trinajstić information content (AvgIpc) is 2.90. The summed E-state index contributed by atoms with van der Waals surface area (Å²) in [5, 5.41) is 12.4. The lowest BCUT2D eigenvalue weighted by molar-refractivity contribution is 0.0524. The van der Waals surface area contributed by atoms with Gasteiger partial charge in [-0.2, -0.15) is 0 Å². The maximum atomic E-state index is 14.6. The Kier molecular flexibility index (Phi) is 7.39. The number of nitrogens with zero attached hydrogens (tertiary/aromatic N) is 3. The zero-order chi connectivity index (χ0) is 26.8. The molecule has 0 saturated carbocycles. The SMILES string of the molecule is COC[C@H]1/C=C/COc2cc(F)c(F)c(c2)CSc2ccccc2CN2CN1C(=O)c1c(O)c(=O)ccn12. The van der Waals surface area contributed by atoms with Crippen LogP contribution in [0.25, 0.3) is 0 Å². The average molecular weight is 542 g/mol. The Morgan fingerprint density at radius 3 is 2.79 bits per heavy atom. The van der Waals surface area contributed by atoms with Crippen molar-refractivity contribution in [3.8, 4) is 11.5 Å². The minimum absolute atomic E-state index is 0.0355. The largest absolute Gasteiger partial charge is 0.502 e. The lowest BCUT2D eigenvalue weighted by Gasteiger charge is -2.42. The Bertz CT molecular complexity index is 1460. The number of carbonyl (C=O) groups excluding carboxylic acids is 1. The number of halogens is 2. The van der Waals surface area contributed by atoms with Gasteiger partial charge in [-0.15, -0.1) is 11.8 Å². The van der Waals surface area contributed by atoms with E-state index in [0.29, 0.717) is 6.54 Å². The second kappa shape index (κ2) is 10.9. The molecule has 0 spiro atoms. The van der Waals surface area contributed by atoms with Crippen molar-refractivity contribution in [2.45, 2.75) is 23.2 Å². The van der Waals surface area contributed by atoms with Crippen molar-refractivity contribution in [1.29, 1.82) is 0 Å². The van der Waals surface area contributed by atoms with Crippen LogP contribution in [0.5, 0.6) is 11.5 Å². The Balaban J connectivity index is 1.62. The predicted octanol–water partition coefficient (Wildman–Crippen LogP) is 3.64. The number of aromatic hydroxyl groups is 1. The summed E-state index contributed by atoms with van der Waals surface area (Å²) in [6.45, 7) is 0.598. The van der Waals surface area contributed by atoms with Crippen molar-refractivity contribution in [2.75, 3.05) is 32.0 Å². The maximum Gasteiger partial charge on any atom is 0.278 e. The number of amides is 1. The number of thioether (sulfide) groups is 1. The zero-order valence-electron chi connectivity index (χ0n) is 20.5. The van der Waals surface area contributed by atoms with E-state index in [4.69, 9.17) is 9.47 Å². The van der Waals surface area contributed by atoms with Gasteiger partial charge >= 0.3 is 0 Å². The van der Waals surface area contributed by atoms with Crippen molar-refractivity contribution >= 4 is 17.7 Å². The van der Waals surface area contributed by atoms with Crippen molar-refractivity contribution in [3.05, 3.63) is 99.5 Å². The van der Waals surface area contributed by atoms with Crippen LogP contribution in [0.4, 0.5) is 8.78 Å². The van der Waals surface area contributed by atoms with Crippen molar-refractivity contribution < 1.29 is 28.2 Å². The molecule has 2 aromatic carbocycles. The summed E-state index contributed by atoms with van der Waals surface area (Å²) in [4.78, 5) is 28.1. The smallest absolute Gasteiger partial charge is 0.278 e. The number of rotatable bonds is 2. The summed E-state index contributed by atoms with van der Waals surface area (Å²) in [6, 6.07) is 10.6. The molecule has 2 aliphatic rings. The third kappa shape index (κ3) is 4.99. The topological polar surface area (TPSA) is 84.2 Å². The van der Waals surface area contributed by atoms with E-state index >= 15 is 0 Å². The molecule has 0 saturated heterocycles. The molecule has 8 nitrogen and oxygen atoms in total. The number of hydrogen-bond donors (Lipinski definition) is 1. The third-order valence-electron chi connectivity index (χ3n) is 6.37. The summed E-state index contributed by atoms with van der Waals surface area (Å²) < 4.78 is 41.4. The van der Waals surface area contributed by atoms with E-state index in [-0.39, 0.29) is 42.6 Å². The molecule has 11 heteroatoms. The second-order valence-electron chi connectivity index (χ2n) is 8.84. The first kappa shape index (κ1) is 25.8. The van der Waals surface area contributed by atoms with Crippen LogP contribution in [0.2, 0.25) is 0 Å². The van der Waals surface area contributed by atoms with Crippen LogP contribution >= 0.6 is 11.8 Å². The summed E-state index contributed by atoms with van der Waals surface area (Å²) in [6.07, 6.45) is 4.83. The fraction of sp³-hybridized carbons (Fsp3) is 0.259. The van der Waals surface area contributed by atoms with Crippen LogP contribution in [-0.4, -0.2) is 53.6 Å². The Morgan fingerprint density at radius 2 is 1.97 bits per heavy atom. The van der Waals surface area contributed by atoms with Gasteiger partial charge in [0.2, 0.25) is 5.43 Å². The predicted molar refractivity (Wildman–Crippen MR) is 138 cm³/mol. The summed E-state index contributed by atoms with van der Waals surface area (Å²) in [5.41, 5.74) is 0.228. The fourth-order valence-electron chi connectivity index (χ4n) is 4.49. The van der Waals surface area contributed by atoms with Gasteiger partial charge in [0.1, 0.15) is 19.0 Å². The third-order valence-corrected chi connectivity index (χ3v) is 7.53. The van der Waals surface area contributed by atoms with Gasteiger partial charge in [0, 0.05) is 41.7 Å². The van der Waals surface area contributed by atoms with Crippen LogP contribution in [0, 0.1) is 11.6 Å². The molecule has 3 aromatic rings. The van der Waals surface area contributed by atoms with Gasteiger partial charge in [-0.25, -0.2) is 8.78 Å². The summed E-state index contributed by atoms with van der Waals surface area (Å²) in [7, 11) is 1.50. The molecule has 1 aromatic heterocycles. The first-order valence-electron chi connectivity index (χ1n) is 11.8. The molecule has 3 heterocycles. The van der Waals surface area contributed by atoms with Gasteiger partial charge in [-0.1, -0.05) is 24.3 Å². The van der Waals surface area contributed by atoms with E-state index in [0.717, 1.165) is 16.5 Å². The van der Waals surface area contributed by atoms with Crippen LogP contribution in [-0.2, 0) is 17.0 Å². The molecule has 1 atom stereocenters. The minimum atomic E-state index is -0.989. The monoisotopic (exact) mass is 541 g/mol. The van der Waals surface area contributed by atoms with Gasteiger partial charge in [0.15, 0.2) is 23.1 Å². The molecule has 0 aliphatic carbocycles.